The molecule has 2 aliphatic rings. The Labute approximate surface area is 123 Å². The Morgan fingerprint density at radius 2 is 2.05 bits per heavy atom. The second-order valence-corrected chi connectivity index (χ2v) is 5.83. The second-order valence-electron chi connectivity index (χ2n) is 5.83. The van der Waals surface area contributed by atoms with Crippen molar-refractivity contribution in [2.75, 3.05) is 19.8 Å². The molecule has 0 amide bonds. The van der Waals surface area contributed by atoms with Crippen LogP contribution in [0.25, 0.3) is 0 Å². The summed E-state index contributed by atoms with van der Waals surface area (Å²) in [6, 6.07) is 4.37. The Hall–Kier alpha value is -1.17. The number of hydrogen-bond acceptors (Lipinski definition) is 4. The standard InChI is InChI=1S/C16H21FO4/c17-13-7-12(11-18)8-15(9-13)21-14-1-4-20-16(10-14)2-5-19-6-3-16/h7-9,14,18H,1-6,10-11H2. The van der Waals surface area contributed by atoms with E-state index in [0.717, 1.165) is 38.9 Å². The summed E-state index contributed by atoms with van der Waals surface area (Å²) in [5.74, 6) is 0.0950. The molecule has 5 heteroatoms. The maximum atomic E-state index is 13.5. The third-order valence-corrected chi connectivity index (χ3v) is 4.27. The van der Waals surface area contributed by atoms with Crippen molar-refractivity contribution in [3.63, 3.8) is 0 Å². The first-order valence-electron chi connectivity index (χ1n) is 7.48. The molecule has 2 saturated heterocycles. The van der Waals surface area contributed by atoms with E-state index in [4.69, 9.17) is 19.3 Å². The van der Waals surface area contributed by atoms with Gasteiger partial charge in [-0.05, 0) is 30.5 Å². The van der Waals surface area contributed by atoms with Gasteiger partial charge in [0.05, 0.1) is 18.8 Å². The summed E-state index contributed by atoms with van der Waals surface area (Å²) >= 11 is 0. The highest BCUT2D eigenvalue weighted by molar-refractivity contribution is 5.29. The zero-order valence-corrected chi connectivity index (χ0v) is 12.0. The maximum Gasteiger partial charge on any atom is 0.127 e. The van der Waals surface area contributed by atoms with Gasteiger partial charge in [0.1, 0.15) is 17.7 Å². The quantitative estimate of drug-likeness (QED) is 0.930. The van der Waals surface area contributed by atoms with E-state index in [0.29, 0.717) is 17.9 Å². The highest BCUT2D eigenvalue weighted by Gasteiger charge is 2.39. The number of ether oxygens (including phenoxy) is 3. The number of hydrogen-bond donors (Lipinski definition) is 1. The molecule has 0 radical (unpaired) electrons. The minimum absolute atomic E-state index is 0.0187. The molecule has 0 saturated carbocycles. The molecule has 2 aliphatic heterocycles. The molecule has 0 aromatic heterocycles. The van der Waals surface area contributed by atoms with Crippen LogP contribution in [0.3, 0.4) is 0 Å². The molecule has 1 N–H and O–H groups in total. The molecule has 1 unspecified atom stereocenters. The van der Waals surface area contributed by atoms with Crippen LogP contribution in [0, 0.1) is 5.82 Å². The highest BCUT2D eigenvalue weighted by Crippen LogP contribution is 2.36. The smallest absolute Gasteiger partial charge is 0.127 e. The summed E-state index contributed by atoms with van der Waals surface area (Å²) in [4.78, 5) is 0. The molecule has 1 aromatic rings. The normalized spacial score (nSPS) is 25.0. The summed E-state index contributed by atoms with van der Waals surface area (Å²) < 4.78 is 30.8. The average Bonchev–Trinajstić information content (AvgIpc) is 2.47. The van der Waals surface area contributed by atoms with E-state index in [1.807, 2.05) is 0 Å². The van der Waals surface area contributed by atoms with E-state index in [9.17, 15) is 4.39 Å². The Morgan fingerprint density at radius 1 is 1.24 bits per heavy atom. The molecule has 2 heterocycles. The van der Waals surface area contributed by atoms with Crippen molar-refractivity contribution >= 4 is 0 Å². The van der Waals surface area contributed by atoms with Crippen LogP contribution in [0.1, 0.15) is 31.2 Å². The van der Waals surface area contributed by atoms with Crippen molar-refractivity contribution in [3.05, 3.63) is 29.6 Å². The molecule has 1 aromatic carbocycles. The van der Waals surface area contributed by atoms with Gasteiger partial charge in [0, 0.05) is 32.1 Å². The van der Waals surface area contributed by atoms with Crippen LogP contribution >= 0.6 is 0 Å². The number of aliphatic hydroxyl groups excluding tert-OH is 1. The van der Waals surface area contributed by atoms with Crippen LogP contribution in [-0.2, 0) is 16.1 Å². The fraction of sp³-hybridized carbons (Fsp3) is 0.625. The molecule has 0 bridgehead atoms. The Bertz CT molecular complexity index is 480. The molecule has 21 heavy (non-hydrogen) atoms. The van der Waals surface area contributed by atoms with Gasteiger partial charge in [0.15, 0.2) is 0 Å². The first-order chi connectivity index (χ1) is 10.2. The minimum atomic E-state index is -0.385. The molecule has 116 valence electrons. The lowest BCUT2D eigenvalue weighted by Gasteiger charge is -2.43. The zero-order chi connectivity index (χ0) is 14.7. The number of halogens is 1. The molecule has 1 spiro atoms. The largest absolute Gasteiger partial charge is 0.490 e. The summed E-state index contributed by atoms with van der Waals surface area (Å²) in [5.41, 5.74) is 0.381. The van der Waals surface area contributed by atoms with Gasteiger partial charge in [-0.3, -0.25) is 0 Å². The third kappa shape index (κ3) is 3.54. The van der Waals surface area contributed by atoms with Crippen molar-refractivity contribution in [2.24, 2.45) is 0 Å². The fourth-order valence-corrected chi connectivity index (χ4v) is 3.15. The van der Waals surface area contributed by atoms with Crippen molar-refractivity contribution < 1.29 is 23.7 Å². The van der Waals surface area contributed by atoms with E-state index >= 15 is 0 Å². The van der Waals surface area contributed by atoms with Crippen LogP contribution < -0.4 is 4.74 Å². The number of aliphatic hydroxyl groups is 1. The van der Waals surface area contributed by atoms with Crippen molar-refractivity contribution in [2.45, 2.75) is 44.0 Å². The van der Waals surface area contributed by atoms with E-state index in [-0.39, 0.29) is 24.1 Å². The Kier molecular flexibility index (Phi) is 4.42. The van der Waals surface area contributed by atoms with Gasteiger partial charge in [-0.2, -0.15) is 0 Å². The predicted molar refractivity (Wildman–Crippen MR) is 74.7 cm³/mol. The first kappa shape index (κ1) is 14.8. The van der Waals surface area contributed by atoms with Crippen molar-refractivity contribution in [1.29, 1.82) is 0 Å². The minimum Gasteiger partial charge on any atom is -0.490 e. The van der Waals surface area contributed by atoms with Gasteiger partial charge in [0.25, 0.3) is 0 Å². The monoisotopic (exact) mass is 296 g/mol. The molecule has 0 aliphatic carbocycles. The summed E-state index contributed by atoms with van der Waals surface area (Å²) in [6.45, 7) is 1.92. The van der Waals surface area contributed by atoms with Gasteiger partial charge in [0.2, 0.25) is 0 Å². The summed E-state index contributed by atoms with van der Waals surface area (Å²) in [7, 11) is 0. The van der Waals surface area contributed by atoms with E-state index in [1.165, 1.54) is 12.1 Å². The maximum absolute atomic E-state index is 13.5. The van der Waals surface area contributed by atoms with Gasteiger partial charge >= 0.3 is 0 Å². The molecular weight excluding hydrogens is 275 g/mol. The average molecular weight is 296 g/mol. The van der Waals surface area contributed by atoms with Gasteiger partial charge in [-0.15, -0.1) is 0 Å². The lowest BCUT2D eigenvalue weighted by Crippen LogP contribution is -2.47. The number of benzene rings is 1. The fourth-order valence-electron chi connectivity index (χ4n) is 3.15. The van der Waals surface area contributed by atoms with E-state index in [1.54, 1.807) is 6.07 Å². The topological polar surface area (TPSA) is 47.9 Å². The zero-order valence-electron chi connectivity index (χ0n) is 12.0. The van der Waals surface area contributed by atoms with Crippen LogP contribution in [0.5, 0.6) is 5.75 Å². The third-order valence-electron chi connectivity index (χ3n) is 4.27. The van der Waals surface area contributed by atoms with Crippen LogP contribution in [0.15, 0.2) is 18.2 Å². The Morgan fingerprint density at radius 3 is 2.81 bits per heavy atom. The van der Waals surface area contributed by atoms with E-state index < -0.39 is 0 Å². The van der Waals surface area contributed by atoms with E-state index in [2.05, 4.69) is 0 Å². The highest BCUT2D eigenvalue weighted by atomic mass is 19.1. The summed E-state index contributed by atoms with van der Waals surface area (Å²) in [5, 5.41) is 9.13. The molecule has 2 fully saturated rings. The van der Waals surface area contributed by atoms with Crippen LogP contribution in [0.4, 0.5) is 4.39 Å². The van der Waals surface area contributed by atoms with Gasteiger partial charge in [-0.25, -0.2) is 4.39 Å². The van der Waals surface area contributed by atoms with Gasteiger partial charge < -0.3 is 19.3 Å². The van der Waals surface area contributed by atoms with Gasteiger partial charge in [-0.1, -0.05) is 0 Å². The SMILES string of the molecule is OCc1cc(F)cc(OC2CCOC3(CCOCC3)C2)c1. The second kappa shape index (κ2) is 6.30. The summed E-state index contributed by atoms with van der Waals surface area (Å²) in [6.07, 6.45) is 3.40. The van der Waals surface area contributed by atoms with Crippen LogP contribution in [-0.4, -0.2) is 36.6 Å². The Balaban J connectivity index is 1.68. The molecular formula is C16H21FO4. The lowest BCUT2D eigenvalue weighted by atomic mass is 9.85. The lowest BCUT2D eigenvalue weighted by molar-refractivity contribution is -0.155. The molecule has 1 atom stereocenters. The van der Waals surface area contributed by atoms with Crippen molar-refractivity contribution in [3.8, 4) is 5.75 Å². The van der Waals surface area contributed by atoms with Crippen LogP contribution in [0.2, 0.25) is 0 Å². The molecule has 3 rings (SSSR count). The first-order valence-corrected chi connectivity index (χ1v) is 7.48. The van der Waals surface area contributed by atoms with Crippen molar-refractivity contribution in [1.82, 2.24) is 0 Å². The molecule has 4 nitrogen and oxygen atoms in total. The predicted octanol–water partition coefficient (Wildman–Crippen LogP) is 2.43. The number of rotatable bonds is 3.